The number of thiophene rings is 1. The van der Waals surface area contributed by atoms with Crippen molar-refractivity contribution in [3.05, 3.63) is 56.2 Å². The second-order valence-corrected chi connectivity index (χ2v) is 7.25. The highest BCUT2D eigenvalue weighted by molar-refractivity contribution is 7.99. The highest BCUT2D eigenvalue weighted by Gasteiger charge is 2.16. The van der Waals surface area contributed by atoms with Crippen LogP contribution in [0.3, 0.4) is 0 Å². The van der Waals surface area contributed by atoms with E-state index in [0.717, 1.165) is 0 Å². The minimum Gasteiger partial charge on any atom is -0.315 e. The summed E-state index contributed by atoms with van der Waals surface area (Å²) >= 11 is 2.55. The largest absolute Gasteiger partial charge is 0.315 e. The number of carbonyl (C=O) groups is 1. The first-order valence-corrected chi connectivity index (χ1v) is 9.33. The normalized spacial score (nSPS) is 10.8. The molecule has 8 nitrogen and oxygen atoms in total. The topological polar surface area (TPSA) is 98.3 Å². The van der Waals surface area contributed by atoms with E-state index in [9.17, 15) is 19.7 Å². The summed E-state index contributed by atoms with van der Waals surface area (Å²) in [6.07, 6.45) is 0. The summed E-state index contributed by atoms with van der Waals surface area (Å²) in [6, 6.07) is 7.47. The third-order valence-electron chi connectivity index (χ3n) is 3.81. The average Bonchev–Trinajstić information content (AvgIpc) is 3.11. The van der Waals surface area contributed by atoms with E-state index in [1.807, 2.05) is 0 Å². The van der Waals surface area contributed by atoms with Gasteiger partial charge < -0.3 is 4.90 Å². The molecule has 0 bridgehead atoms. The number of nitrogens with zero attached hydrogens (tertiary/aromatic N) is 4. The number of anilines is 1. The number of carbonyl (C=O) groups excluding carboxylic acids is 1. The third kappa shape index (κ3) is 3.46. The molecule has 0 N–H and O–H groups in total. The molecule has 0 saturated heterocycles. The van der Waals surface area contributed by atoms with Gasteiger partial charge in [0.2, 0.25) is 5.91 Å². The number of amides is 1. The molecule has 0 aliphatic rings. The Morgan fingerprint density at radius 1 is 1.35 bits per heavy atom. The number of non-ortho nitro benzene ring substituents is 1. The van der Waals surface area contributed by atoms with E-state index < -0.39 is 4.92 Å². The molecule has 0 radical (unpaired) electrons. The zero-order valence-electron chi connectivity index (χ0n) is 13.9. The number of nitro groups is 1. The van der Waals surface area contributed by atoms with Crippen LogP contribution in [-0.2, 0) is 11.8 Å². The summed E-state index contributed by atoms with van der Waals surface area (Å²) in [4.78, 5) is 41.4. The average molecular weight is 390 g/mol. The van der Waals surface area contributed by atoms with E-state index in [0.29, 0.717) is 21.1 Å². The van der Waals surface area contributed by atoms with Crippen molar-refractivity contribution in [1.82, 2.24) is 9.55 Å². The Kier molecular flexibility index (Phi) is 5.05. The lowest BCUT2D eigenvalue weighted by Gasteiger charge is -2.17. The van der Waals surface area contributed by atoms with Crippen molar-refractivity contribution in [1.29, 1.82) is 0 Å². The fraction of sp³-hybridized carbons (Fsp3) is 0.188. The van der Waals surface area contributed by atoms with Gasteiger partial charge in [-0.2, -0.15) is 0 Å². The molecule has 0 unspecified atom stereocenters. The van der Waals surface area contributed by atoms with Crippen LogP contribution in [0.15, 0.2) is 45.7 Å². The minimum atomic E-state index is -0.492. The first-order valence-electron chi connectivity index (χ1n) is 7.46. The minimum absolute atomic E-state index is 0.0348. The van der Waals surface area contributed by atoms with Gasteiger partial charge in [-0.15, -0.1) is 11.3 Å². The summed E-state index contributed by atoms with van der Waals surface area (Å²) in [6.45, 7) is 0. The van der Waals surface area contributed by atoms with Crippen LogP contribution in [0.5, 0.6) is 0 Å². The molecule has 0 fully saturated rings. The number of nitro benzene ring substituents is 1. The van der Waals surface area contributed by atoms with Gasteiger partial charge in [0, 0.05) is 31.9 Å². The molecule has 2 heterocycles. The van der Waals surface area contributed by atoms with E-state index in [1.165, 1.54) is 56.8 Å². The smallest absolute Gasteiger partial charge is 0.269 e. The second kappa shape index (κ2) is 7.26. The first-order chi connectivity index (χ1) is 12.4. The number of aromatic nitrogens is 2. The summed E-state index contributed by atoms with van der Waals surface area (Å²) in [7, 11) is 3.22. The molecule has 1 amide bonds. The van der Waals surface area contributed by atoms with Crippen molar-refractivity contribution in [3.63, 3.8) is 0 Å². The van der Waals surface area contributed by atoms with Crippen molar-refractivity contribution in [2.24, 2.45) is 7.05 Å². The standard InChI is InChI=1S/C16H14N4O4S2/c1-18(10-3-5-11(6-4-10)20(23)24)13(21)9-26-16-17-14-12(7-8-25-14)15(22)19(16)2/h3-8H,9H2,1-2H3. The highest BCUT2D eigenvalue weighted by Crippen LogP contribution is 2.22. The molecule has 10 heteroatoms. The fourth-order valence-electron chi connectivity index (χ4n) is 2.27. The van der Waals surface area contributed by atoms with Crippen LogP contribution in [-0.4, -0.2) is 33.2 Å². The van der Waals surface area contributed by atoms with Gasteiger partial charge in [0.25, 0.3) is 11.2 Å². The van der Waals surface area contributed by atoms with E-state index in [-0.39, 0.29) is 22.9 Å². The summed E-state index contributed by atoms with van der Waals surface area (Å²) in [5, 5.41) is 13.5. The van der Waals surface area contributed by atoms with E-state index in [2.05, 4.69) is 4.98 Å². The molecule has 0 aliphatic carbocycles. The third-order valence-corrected chi connectivity index (χ3v) is 5.63. The molecule has 0 spiro atoms. The van der Waals surface area contributed by atoms with E-state index in [1.54, 1.807) is 25.5 Å². The molecule has 3 rings (SSSR count). The number of hydrogen-bond donors (Lipinski definition) is 0. The maximum atomic E-state index is 12.4. The van der Waals surface area contributed by atoms with Gasteiger partial charge in [-0.25, -0.2) is 4.98 Å². The van der Waals surface area contributed by atoms with Crippen molar-refractivity contribution < 1.29 is 9.72 Å². The molecule has 0 atom stereocenters. The lowest BCUT2D eigenvalue weighted by Crippen LogP contribution is -2.28. The van der Waals surface area contributed by atoms with Crippen molar-refractivity contribution in [2.45, 2.75) is 5.16 Å². The van der Waals surface area contributed by atoms with Crippen LogP contribution in [0.25, 0.3) is 10.2 Å². The lowest BCUT2D eigenvalue weighted by atomic mass is 10.2. The summed E-state index contributed by atoms with van der Waals surface area (Å²) < 4.78 is 1.43. The highest BCUT2D eigenvalue weighted by atomic mass is 32.2. The van der Waals surface area contributed by atoms with Gasteiger partial charge in [-0.05, 0) is 23.6 Å². The molecule has 0 aliphatic heterocycles. The predicted molar refractivity (Wildman–Crippen MR) is 102 cm³/mol. The zero-order valence-corrected chi connectivity index (χ0v) is 15.5. The Morgan fingerprint density at radius 3 is 2.69 bits per heavy atom. The van der Waals surface area contributed by atoms with Gasteiger partial charge in [-0.1, -0.05) is 11.8 Å². The molecule has 0 saturated carbocycles. The Morgan fingerprint density at radius 2 is 2.04 bits per heavy atom. The van der Waals surface area contributed by atoms with Gasteiger partial charge in [0.05, 0.1) is 16.1 Å². The maximum Gasteiger partial charge on any atom is 0.269 e. The summed E-state index contributed by atoms with van der Waals surface area (Å²) in [5.74, 6) is -0.116. The van der Waals surface area contributed by atoms with Crippen LogP contribution in [0.4, 0.5) is 11.4 Å². The number of thioether (sulfide) groups is 1. The van der Waals surface area contributed by atoms with Gasteiger partial charge >= 0.3 is 0 Å². The Labute approximate surface area is 156 Å². The number of rotatable bonds is 5. The SMILES string of the molecule is CN(C(=O)CSc1nc2sccc2c(=O)n1C)c1ccc([N+](=O)[O-])cc1. The van der Waals surface area contributed by atoms with Crippen molar-refractivity contribution in [3.8, 4) is 0 Å². The first kappa shape index (κ1) is 18.1. The van der Waals surface area contributed by atoms with Crippen LogP contribution in [0, 0.1) is 10.1 Å². The van der Waals surface area contributed by atoms with Crippen LogP contribution in [0.2, 0.25) is 0 Å². The predicted octanol–water partition coefficient (Wildman–Crippen LogP) is 2.66. The molecule has 26 heavy (non-hydrogen) atoms. The Balaban J connectivity index is 1.73. The van der Waals surface area contributed by atoms with Crippen LogP contribution < -0.4 is 10.5 Å². The summed E-state index contributed by atoms with van der Waals surface area (Å²) in [5.41, 5.74) is 0.374. The van der Waals surface area contributed by atoms with Gasteiger partial charge in [0.1, 0.15) is 4.83 Å². The number of hydrogen-bond acceptors (Lipinski definition) is 7. The molecule has 1 aromatic carbocycles. The lowest BCUT2D eigenvalue weighted by molar-refractivity contribution is -0.384. The Bertz CT molecular complexity index is 1040. The van der Waals surface area contributed by atoms with Gasteiger partial charge in [-0.3, -0.25) is 24.3 Å². The van der Waals surface area contributed by atoms with E-state index in [4.69, 9.17) is 0 Å². The van der Waals surface area contributed by atoms with Crippen LogP contribution in [0.1, 0.15) is 0 Å². The molecular formula is C16H14N4O4S2. The van der Waals surface area contributed by atoms with Crippen molar-refractivity contribution in [2.75, 3.05) is 17.7 Å². The molecule has 134 valence electrons. The molecule has 3 aromatic rings. The van der Waals surface area contributed by atoms with Gasteiger partial charge in [0.15, 0.2) is 5.16 Å². The number of benzene rings is 1. The fourth-order valence-corrected chi connectivity index (χ4v) is 3.97. The molecule has 2 aromatic heterocycles. The second-order valence-electron chi connectivity index (χ2n) is 5.41. The van der Waals surface area contributed by atoms with Crippen molar-refractivity contribution >= 4 is 50.6 Å². The maximum absolute atomic E-state index is 12.4. The quantitative estimate of drug-likeness (QED) is 0.287. The Hall–Kier alpha value is -2.72. The van der Waals surface area contributed by atoms with E-state index >= 15 is 0 Å². The number of fused-ring (bicyclic) bond motifs is 1. The van der Waals surface area contributed by atoms with Crippen LogP contribution >= 0.6 is 23.1 Å². The zero-order chi connectivity index (χ0) is 18.8. The monoisotopic (exact) mass is 390 g/mol. The molecular weight excluding hydrogens is 376 g/mol.